The number of benzene rings is 1. The summed E-state index contributed by atoms with van der Waals surface area (Å²) in [7, 11) is 0. The van der Waals surface area contributed by atoms with Crippen LogP contribution in [0.3, 0.4) is 0 Å². The lowest BCUT2D eigenvalue weighted by atomic mass is 10.2. The minimum absolute atomic E-state index is 0.0203. The maximum absolute atomic E-state index is 13.1. The lowest BCUT2D eigenvalue weighted by molar-refractivity contribution is 0.102. The van der Waals surface area contributed by atoms with E-state index < -0.39 is 5.82 Å². The van der Waals surface area contributed by atoms with Crippen molar-refractivity contribution in [1.29, 1.82) is 0 Å². The summed E-state index contributed by atoms with van der Waals surface area (Å²) in [5, 5.41) is 2.58. The van der Waals surface area contributed by atoms with E-state index in [9.17, 15) is 9.18 Å². The summed E-state index contributed by atoms with van der Waals surface area (Å²) in [5.74, 6) is -0.895. The zero-order chi connectivity index (χ0) is 12.3. The number of hydrogen-bond donors (Lipinski definition) is 1. The highest BCUT2D eigenvalue weighted by Crippen LogP contribution is 2.19. The van der Waals surface area contributed by atoms with Crippen LogP contribution in [0.2, 0.25) is 5.02 Å². The first kappa shape index (κ1) is 11.5. The summed E-state index contributed by atoms with van der Waals surface area (Å²) >= 11 is 5.54. The maximum Gasteiger partial charge on any atom is 0.255 e. The van der Waals surface area contributed by atoms with Crippen molar-refractivity contribution in [3.05, 3.63) is 59.1 Å². The normalized spacial score (nSPS) is 10.0. The lowest BCUT2D eigenvalue weighted by Gasteiger charge is -2.05. The number of carbonyl (C=O) groups excluding carboxylic acids is 1. The van der Waals surface area contributed by atoms with E-state index in [-0.39, 0.29) is 10.9 Å². The number of aromatic nitrogens is 1. The zero-order valence-electron chi connectivity index (χ0n) is 8.65. The van der Waals surface area contributed by atoms with Gasteiger partial charge in [0, 0.05) is 23.6 Å². The standard InChI is InChI=1S/C12H8ClFN2O/c13-10-2-1-9(7-11(10)14)16-12(17)8-3-5-15-6-4-8/h1-7H,(H,16,17). The second-order valence-electron chi connectivity index (χ2n) is 3.32. The summed E-state index contributed by atoms with van der Waals surface area (Å²) in [5.41, 5.74) is 0.809. The molecule has 1 N–H and O–H groups in total. The molecule has 17 heavy (non-hydrogen) atoms. The highest BCUT2D eigenvalue weighted by molar-refractivity contribution is 6.30. The molecule has 3 nitrogen and oxygen atoms in total. The third kappa shape index (κ3) is 2.79. The second-order valence-corrected chi connectivity index (χ2v) is 3.73. The molecule has 0 fully saturated rings. The molecule has 5 heteroatoms. The Hall–Kier alpha value is -1.94. The number of halogens is 2. The molecule has 0 saturated carbocycles. The average molecular weight is 251 g/mol. The van der Waals surface area contributed by atoms with Gasteiger partial charge in [0.2, 0.25) is 0 Å². The van der Waals surface area contributed by atoms with Crippen LogP contribution in [-0.2, 0) is 0 Å². The van der Waals surface area contributed by atoms with Crippen LogP contribution in [0, 0.1) is 5.82 Å². The zero-order valence-corrected chi connectivity index (χ0v) is 9.41. The summed E-state index contributed by atoms with van der Waals surface area (Å²) in [6, 6.07) is 7.23. The van der Waals surface area contributed by atoms with Gasteiger partial charge >= 0.3 is 0 Å². The van der Waals surface area contributed by atoms with Crippen molar-refractivity contribution in [1.82, 2.24) is 4.98 Å². The molecule has 0 spiro atoms. The number of carbonyl (C=O) groups is 1. The van der Waals surface area contributed by atoms with Crippen LogP contribution in [0.25, 0.3) is 0 Å². The van der Waals surface area contributed by atoms with Gasteiger partial charge < -0.3 is 5.32 Å². The molecule has 0 saturated heterocycles. The molecule has 0 radical (unpaired) electrons. The summed E-state index contributed by atoms with van der Waals surface area (Å²) < 4.78 is 13.1. The molecule has 1 heterocycles. The third-order valence-electron chi connectivity index (χ3n) is 2.12. The van der Waals surface area contributed by atoms with Gasteiger partial charge in [0.25, 0.3) is 5.91 Å². The van der Waals surface area contributed by atoms with Crippen molar-refractivity contribution in [2.75, 3.05) is 5.32 Å². The van der Waals surface area contributed by atoms with Crippen molar-refractivity contribution in [2.45, 2.75) is 0 Å². The van der Waals surface area contributed by atoms with Gasteiger partial charge in [0.05, 0.1) is 5.02 Å². The van der Waals surface area contributed by atoms with E-state index in [1.807, 2.05) is 0 Å². The SMILES string of the molecule is O=C(Nc1ccc(Cl)c(F)c1)c1ccncc1. The maximum atomic E-state index is 13.1. The molecular formula is C12H8ClFN2O. The van der Waals surface area contributed by atoms with Crippen molar-refractivity contribution in [3.63, 3.8) is 0 Å². The molecule has 0 atom stereocenters. The van der Waals surface area contributed by atoms with Crippen molar-refractivity contribution in [2.24, 2.45) is 0 Å². The van der Waals surface area contributed by atoms with Crippen LogP contribution >= 0.6 is 11.6 Å². The Balaban J connectivity index is 2.16. The Morgan fingerprint density at radius 2 is 1.94 bits per heavy atom. The largest absolute Gasteiger partial charge is 0.322 e. The van der Waals surface area contributed by atoms with E-state index in [2.05, 4.69) is 10.3 Å². The molecule has 0 aliphatic heterocycles. The van der Waals surface area contributed by atoms with Gasteiger partial charge in [0.15, 0.2) is 0 Å². The average Bonchev–Trinajstić information content (AvgIpc) is 2.35. The third-order valence-corrected chi connectivity index (χ3v) is 2.43. The van der Waals surface area contributed by atoms with E-state index in [1.54, 1.807) is 12.1 Å². The molecule has 86 valence electrons. The Morgan fingerprint density at radius 3 is 2.59 bits per heavy atom. The van der Waals surface area contributed by atoms with Gasteiger partial charge in [-0.2, -0.15) is 0 Å². The van der Waals surface area contributed by atoms with E-state index in [4.69, 9.17) is 11.6 Å². The smallest absolute Gasteiger partial charge is 0.255 e. The van der Waals surface area contributed by atoms with Crippen LogP contribution in [0.4, 0.5) is 10.1 Å². The number of nitrogens with zero attached hydrogens (tertiary/aromatic N) is 1. The molecule has 0 unspecified atom stereocenters. The quantitative estimate of drug-likeness (QED) is 0.890. The van der Waals surface area contributed by atoms with Crippen LogP contribution in [0.15, 0.2) is 42.7 Å². The predicted molar refractivity (Wildman–Crippen MR) is 63.6 cm³/mol. The molecule has 0 aliphatic rings. The Bertz CT molecular complexity index is 545. The molecule has 1 aromatic heterocycles. The van der Waals surface area contributed by atoms with Gasteiger partial charge in [-0.3, -0.25) is 9.78 Å². The fraction of sp³-hybridized carbons (Fsp3) is 0. The van der Waals surface area contributed by atoms with E-state index in [1.165, 1.54) is 30.6 Å². The highest BCUT2D eigenvalue weighted by Gasteiger charge is 2.07. The first-order valence-corrected chi connectivity index (χ1v) is 5.21. The van der Waals surface area contributed by atoms with Gasteiger partial charge in [-0.25, -0.2) is 4.39 Å². The minimum Gasteiger partial charge on any atom is -0.322 e. The Kier molecular flexibility index (Phi) is 3.35. The number of hydrogen-bond acceptors (Lipinski definition) is 2. The second kappa shape index (κ2) is 4.93. The summed E-state index contributed by atoms with van der Waals surface area (Å²) in [6.45, 7) is 0. The molecule has 0 aliphatic carbocycles. The van der Waals surface area contributed by atoms with Crippen molar-refractivity contribution in [3.8, 4) is 0 Å². The van der Waals surface area contributed by atoms with Crippen molar-refractivity contribution < 1.29 is 9.18 Å². The minimum atomic E-state index is -0.570. The molecule has 0 bridgehead atoms. The Morgan fingerprint density at radius 1 is 1.24 bits per heavy atom. The number of amides is 1. The first-order valence-electron chi connectivity index (χ1n) is 4.83. The fourth-order valence-corrected chi connectivity index (χ4v) is 1.40. The highest BCUT2D eigenvalue weighted by atomic mass is 35.5. The summed E-state index contributed by atoms with van der Waals surface area (Å²) in [4.78, 5) is 15.5. The number of rotatable bonds is 2. The van der Waals surface area contributed by atoms with Crippen molar-refractivity contribution >= 4 is 23.2 Å². The van der Waals surface area contributed by atoms with Gasteiger partial charge in [-0.05, 0) is 30.3 Å². The fourth-order valence-electron chi connectivity index (χ4n) is 1.28. The van der Waals surface area contributed by atoms with Crippen LogP contribution in [0.1, 0.15) is 10.4 Å². The molecule has 1 amide bonds. The van der Waals surface area contributed by atoms with Crippen LogP contribution < -0.4 is 5.32 Å². The molecule has 1 aromatic carbocycles. The van der Waals surface area contributed by atoms with Gasteiger partial charge in [-0.1, -0.05) is 11.6 Å². The first-order chi connectivity index (χ1) is 8.16. The van der Waals surface area contributed by atoms with Crippen LogP contribution in [0.5, 0.6) is 0 Å². The lowest BCUT2D eigenvalue weighted by Crippen LogP contribution is -2.11. The summed E-state index contributed by atoms with van der Waals surface area (Å²) in [6.07, 6.45) is 3.02. The van der Waals surface area contributed by atoms with Gasteiger partial charge in [-0.15, -0.1) is 0 Å². The van der Waals surface area contributed by atoms with E-state index in [0.717, 1.165) is 0 Å². The monoisotopic (exact) mass is 250 g/mol. The number of nitrogens with one attached hydrogen (secondary N) is 1. The number of pyridine rings is 1. The number of anilines is 1. The molecule has 2 aromatic rings. The van der Waals surface area contributed by atoms with Crippen LogP contribution in [-0.4, -0.2) is 10.9 Å². The van der Waals surface area contributed by atoms with E-state index >= 15 is 0 Å². The topological polar surface area (TPSA) is 42.0 Å². The van der Waals surface area contributed by atoms with Gasteiger partial charge in [0.1, 0.15) is 5.82 Å². The molecular weight excluding hydrogens is 243 g/mol. The van der Waals surface area contributed by atoms with E-state index in [0.29, 0.717) is 11.3 Å². The predicted octanol–water partition coefficient (Wildman–Crippen LogP) is 3.13. The Labute approximate surface area is 102 Å². The molecule has 2 rings (SSSR count).